The van der Waals surface area contributed by atoms with Gasteiger partial charge in [-0.3, -0.25) is 49.8 Å². The Labute approximate surface area is 846 Å². The van der Waals surface area contributed by atoms with E-state index in [1.54, 1.807) is 0 Å². The first-order chi connectivity index (χ1) is 71.9. The van der Waals surface area contributed by atoms with Gasteiger partial charge in [0.1, 0.15) is 29.1 Å². The van der Waals surface area contributed by atoms with Gasteiger partial charge in [-0.25, -0.2) is 24.9 Å². The molecule has 0 aliphatic rings. The molecule has 0 spiro atoms. The van der Waals surface area contributed by atoms with E-state index in [1.807, 2.05) is 123 Å². The number of pyridine rings is 10. The average molecular weight is 1930 g/mol. The zero-order chi connectivity index (χ0) is 101. The molecule has 148 heavy (non-hydrogen) atoms. The third-order valence-corrected chi connectivity index (χ3v) is 28.8. The lowest BCUT2D eigenvalue weighted by Crippen LogP contribution is -2.13. The number of nitrogens with zero attached hydrogens (tertiary/aromatic N) is 15. The lowest BCUT2D eigenvalue weighted by molar-refractivity contribution is 0.575. The molecular formula is C123H101N25. The Morgan fingerprint density at radius 1 is 0.196 bits per heavy atom. The maximum absolute atomic E-state index is 5.14. The van der Waals surface area contributed by atoms with Crippen LogP contribution in [0.1, 0.15) is 118 Å². The molecule has 0 aliphatic carbocycles. The van der Waals surface area contributed by atoms with Crippen molar-refractivity contribution >= 4 is 219 Å². The third-order valence-electron chi connectivity index (χ3n) is 28.8. The molecule has 0 saturated carbocycles. The largest absolute Gasteiger partial charge is 0.358 e. The van der Waals surface area contributed by atoms with Crippen molar-refractivity contribution in [2.75, 3.05) is 0 Å². The summed E-state index contributed by atoms with van der Waals surface area (Å²) in [7, 11) is 0. The van der Waals surface area contributed by atoms with Crippen LogP contribution in [0.5, 0.6) is 0 Å². The molecule has 20 aromatic heterocycles. The number of hydrogen-bond acceptors (Lipinski definition) is 15. The van der Waals surface area contributed by atoms with Crippen LogP contribution in [0.4, 0.5) is 0 Å². The molecule has 30 rings (SSSR count). The summed E-state index contributed by atoms with van der Waals surface area (Å²) in [5.41, 5.74) is 41.6. The molecule has 0 saturated heterocycles. The van der Waals surface area contributed by atoms with Gasteiger partial charge in [-0.05, 0) is 236 Å². The van der Waals surface area contributed by atoms with Gasteiger partial charge < -0.3 is 49.8 Å². The molecule has 0 fully saturated rings. The highest BCUT2D eigenvalue weighted by Gasteiger charge is 2.32. The van der Waals surface area contributed by atoms with Crippen molar-refractivity contribution in [3.63, 3.8) is 0 Å². The summed E-state index contributed by atoms with van der Waals surface area (Å²) in [5.74, 6) is 4.71. The first-order valence-corrected chi connectivity index (χ1v) is 50.0. The smallest absolute Gasteiger partial charge is 0.141 e. The van der Waals surface area contributed by atoms with E-state index in [2.05, 4.69) is 355 Å². The van der Waals surface area contributed by atoms with Crippen molar-refractivity contribution in [1.29, 1.82) is 0 Å². The molecule has 30 aromatic rings. The van der Waals surface area contributed by atoms with Crippen molar-refractivity contribution in [3.05, 3.63) is 331 Å². The lowest BCUT2D eigenvalue weighted by atomic mass is 9.88. The molecule has 0 bridgehead atoms. The van der Waals surface area contributed by atoms with Crippen molar-refractivity contribution in [2.45, 2.75) is 121 Å². The quantitative estimate of drug-likeness (QED) is 0.0692. The van der Waals surface area contributed by atoms with Crippen LogP contribution < -0.4 is 0 Å². The number of nitrogens with one attached hydrogen (secondary N) is 10. The number of aromatic nitrogens is 25. The fourth-order valence-corrected chi connectivity index (χ4v) is 22.0. The van der Waals surface area contributed by atoms with Crippen molar-refractivity contribution in [3.8, 4) is 56.9 Å². The molecule has 0 radical (unpaired) electrons. The van der Waals surface area contributed by atoms with E-state index in [0.29, 0.717) is 5.92 Å². The Bertz CT molecular complexity index is 9880. The molecule has 25 nitrogen and oxygen atoms in total. The maximum Gasteiger partial charge on any atom is 0.141 e. The third kappa shape index (κ3) is 14.7. The topological polar surface area (TPSA) is 351 Å². The molecule has 0 amide bonds. The average Bonchev–Trinajstić information content (AvgIpc) is 1.52. The highest BCUT2D eigenvalue weighted by Crippen LogP contribution is 2.48. The zero-order valence-corrected chi connectivity index (χ0v) is 84.3. The molecule has 20 heterocycles. The van der Waals surface area contributed by atoms with Gasteiger partial charge in [-0.2, -0.15) is 0 Å². The second-order valence-corrected chi connectivity index (χ2v) is 41.4. The van der Waals surface area contributed by atoms with Crippen LogP contribution in [-0.2, 0) is 10.8 Å². The molecule has 0 atom stereocenters. The second-order valence-electron chi connectivity index (χ2n) is 41.4. The Hall–Kier alpha value is -18.7. The van der Waals surface area contributed by atoms with Gasteiger partial charge in [0.2, 0.25) is 0 Å². The Morgan fingerprint density at radius 2 is 0.392 bits per heavy atom. The zero-order valence-electron chi connectivity index (χ0n) is 84.3. The van der Waals surface area contributed by atoms with Gasteiger partial charge in [0.15, 0.2) is 0 Å². The minimum absolute atomic E-state index is 0.0610. The number of aryl methyl sites for hydroxylation is 7. The summed E-state index contributed by atoms with van der Waals surface area (Å²) in [5, 5.41) is 16.2. The van der Waals surface area contributed by atoms with E-state index in [0.717, 1.165) is 260 Å². The van der Waals surface area contributed by atoms with Gasteiger partial charge in [-0.15, -0.1) is 0 Å². The second kappa shape index (κ2) is 34.3. The number of rotatable bonds is 6. The van der Waals surface area contributed by atoms with Crippen molar-refractivity contribution in [2.24, 2.45) is 0 Å². The first-order valence-electron chi connectivity index (χ1n) is 50.0. The van der Waals surface area contributed by atoms with Crippen LogP contribution in [0, 0.1) is 48.5 Å². The van der Waals surface area contributed by atoms with E-state index < -0.39 is 0 Å². The Morgan fingerprint density at radius 3 is 0.628 bits per heavy atom. The number of benzene rings is 10. The van der Waals surface area contributed by atoms with Gasteiger partial charge in [-0.1, -0.05) is 114 Å². The van der Waals surface area contributed by atoms with Crippen LogP contribution in [0.2, 0.25) is 0 Å². The van der Waals surface area contributed by atoms with E-state index in [1.165, 1.54) is 71.8 Å². The summed E-state index contributed by atoms with van der Waals surface area (Å²) >= 11 is 0. The molecule has 25 heteroatoms. The predicted octanol–water partition coefficient (Wildman–Crippen LogP) is 29.9. The van der Waals surface area contributed by atoms with Crippen molar-refractivity contribution in [1.82, 2.24) is 125 Å². The van der Waals surface area contributed by atoms with E-state index >= 15 is 0 Å². The van der Waals surface area contributed by atoms with E-state index in [9.17, 15) is 0 Å². The highest BCUT2D eigenvalue weighted by atomic mass is 15.0. The van der Waals surface area contributed by atoms with Crippen LogP contribution in [-0.4, -0.2) is 125 Å². The predicted molar refractivity (Wildman–Crippen MR) is 605 cm³/mol. The number of H-pyrrole nitrogens is 10. The molecule has 10 aromatic carbocycles. The number of imidazole rings is 5. The minimum Gasteiger partial charge on any atom is -0.358 e. The van der Waals surface area contributed by atoms with Crippen LogP contribution in [0.25, 0.3) is 276 Å². The summed E-state index contributed by atoms with van der Waals surface area (Å²) in [6.45, 7) is 32.6. The molecule has 10 N–H and O–H groups in total. The van der Waals surface area contributed by atoms with Crippen molar-refractivity contribution < 1.29 is 0 Å². The fourth-order valence-electron chi connectivity index (χ4n) is 22.0. The maximum atomic E-state index is 5.14. The number of fused-ring (bicyclic) bond motifs is 35. The number of aromatic amines is 10. The fraction of sp³-hybridized carbons (Fsp3) is 0.146. The summed E-state index contributed by atoms with van der Waals surface area (Å²) < 4.78 is 0. The first kappa shape index (κ1) is 89.4. The molecule has 0 unspecified atom stereocenters. The normalized spacial score (nSPS) is 12.2. The standard InChI is InChI=1S/2C26H23N5.C25H21N5.2C23H17N5/c2*1-14-9-10-18-17(13-14)19(24(29-18)26(2,3)4)25-30-22-15-7-5-11-27-20(15)21-16(23(22)31-25)8-6-12-28-21;1-13(2)20-19(17-12-14(3)8-9-18(17)28-20)25-29-23-15-6-4-10-26-21(15)22-16(24(23)30-25)7-5-11-27-22;2*1-12-7-8-17-16(11-12)18(13(2)26-17)23-27-21-14-5-3-9-24-19(14)20-15(22(21)28-23)6-4-10-25-20/h2*5-13,29H,1-4H3,(H,30,31);4-13,28H,1-3H3,(H,29,30);2*3-11,26H,1-2H3,(H,27,28). The summed E-state index contributed by atoms with van der Waals surface area (Å²) in [4.78, 5) is 108. The summed E-state index contributed by atoms with van der Waals surface area (Å²) in [6, 6.07) is 72.9. The van der Waals surface area contributed by atoms with Crippen LogP contribution in [0.3, 0.4) is 0 Å². The van der Waals surface area contributed by atoms with Gasteiger partial charge in [0, 0.05) is 237 Å². The Kier molecular flexibility index (Phi) is 20.7. The van der Waals surface area contributed by atoms with Crippen LogP contribution >= 0.6 is 0 Å². The summed E-state index contributed by atoms with van der Waals surface area (Å²) in [6.07, 6.45) is 18.1. The molecule has 718 valence electrons. The van der Waals surface area contributed by atoms with E-state index in [4.69, 9.17) is 24.9 Å². The molecular weight excluding hydrogens is 1830 g/mol. The van der Waals surface area contributed by atoms with Gasteiger partial charge in [0.25, 0.3) is 0 Å². The van der Waals surface area contributed by atoms with E-state index in [-0.39, 0.29) is 10.8 Å². The lowest BCUT2D eigenvalue weighted by Gasteiger charge is -2.18. The SMILES string of the molecule is Cc1ccc2[nH]c(C(C)(C)C)c(-c3nc4c5cccnc5c5ncccc5c4[nH]3)c2c1.Cc1ccc2[nH]c(C(C)(C)C)c(-c3nc4c5cccnc5c5ncccc5c4[nH]3)c2c1.Cc1ccc2[nH]c(C(C)C)c(-c3nc4c5cccnc5c5ncccc5c4[nH]3)c2c1.Cc1ccc2[nH]c(C)c(-c3nc4c5cccnc5c5ncccc5c4[nH]3)c2c1.Cc1ccc2[nH]c(C)c(-c3nc4c5cccnc5c5ncccc5c4[nH]3)c2c1. The van der Waals surface area contributed by atoms with Crippen LogP contribution in [0.15, 0.2) is 274 Å². The highest BCUT2D eigenvalue weighted by molar-refractivity contribution is 6.27. The van der Waals surface area contributed by atoms with Gasteiger partial charge in [0.05, 0.1) is 110 Å². The number of hydrogen-bond donors (Lipinski definition) is 10. The van der Waals surface area contributed by atoms with Gasteiger partial charge >= 0.3 is 0 Å². The molecule has 0 aliphatic heterocycles. The minimum atomic E-state index is -0.0610. The monoisotopic (exact) mass is 1930 g/mol. The Balaban J connectivity index is 0.0000000937.